The minimum atomic E-state index is -0.464. The van der Waals surface area contributed by atoms with Crippen molar-refractivity contribution < 1.29 is 23.5 Å². The first kappa shape index (κ1) is 19.4. The summed E-state index contributed by atoms with van der Waals surface area (Å²) in [5.41, 5.74) is 0.376. The highest BCUT2D eigenvalue weighted by molar-refractivity contribution is 6.05. The Morgan fingerprint density at radius 1 is 1.04 bits per heavy atom. The lowest BCUT2D eigenvalue weighted by atomic mass is 10.2. The van der Waals surface area contributed by atoms with Gasteiger partial charge in [0, 0.05) is 12.1 Å². The van der Waals surface area contributed by atoms with E-state index in [9.17, 15) is 14.0 Å². The van der Waals surface area contributed by atoms with Crippen molar-refractivity contribution in [2.24, 2.45) is 0 Å². The summed E-state index contributed by atoms with van der Waals surface area (Å²) in [7, 11) is 3.28. The normalized spacial score (nSPS) is 10.5. The fourth-order valence-corrected chi connectivity index (χ4v) is 2.16. The van der Waals surface area contributed by atoms with Gasteiger partial charge in [-0.1, -0.05) is 0 Å². The number of hydrogen-bond acceptors (Lipinski definition) is 5. The minimum absolute atomic E-state index is 0.0503. The molecule has 7 heteroatoms. The number of amides is 2. The quantitative estimate of drug-likeness (QED) is 0.781. The maximum absolute atomic E-state index is 12.8. The Kier molecular flexibility index (Phi) is 7.11. The Balaban J connectivity index is 1.72. The summed E-state index contributed by atoms with van der Waals surface area (Å²) in [6.45, 7) is 0.859. The molecule has 0 aliphatic carbocycles. The molecule has 0 fully saturated rings. The molecule has 2 amide bonds. The van der Waals surface area contributed by atoms with Gasteiger partial charge in [0.25, 0.3) is 5.91 Å². The Morgan fingerprint density at radius 3 is 2.27 bits per heavy atom. The molecule has 2 aromatic rings. The van der Waals surface area contributed by atoms with Gasteiger partial charge in [-0.25, -0.2) is 4.39 Å². The molecule has 2 rings (SSSR count). The second-order valence-corrected chi connectivity index (χ2v) is 5.65. The third-order valence-corrected chi connectivity index (χ3v) is 3.57. The zero-order valence-corrected chi connectivity index (χ0v) is 14.7. The van der Waals surface area contributed by atoms with Crippen LogP contribution in [0.5, 0.6) is 11.5 Å². The van der Waals surface area contributed by atoms with Crippen molar-refractivity contribution in [2.75, 3.05) is 33.9 Å². The number of halogens is 1. The molecule has 26 heavy (non-hydrogen) atoms. The third kappa shape index (κ3) is 6.18. The van der Waals surface area contributed by atoms with Crippen molar-refractivity contribution >= 4 is 11.8 Å². The topological polar surface area (TPSA) is 67.9 Å². The molecule has 0 radical (unpaired) electrons. The molecule has 0 bridgehead atoms. The third-order valence-electron chi connectivity index (χ3n) is 3.57. The van der Waals surface area contributed by atoms with Gasteiger partial charge in [0.05, 0.1) is 13.7 Å². The van der Waals surface area contributed by atoms with Gasteiger partial charge in [0.1, 0.15) is 23.9 Å². The van der Waals surface area contributed by atoms with Crippen molar-refractivity contribution in [2.45, 2.75) is 0 Å². The molecule has 0 aliphatic rings. The monoisotopic (exact) mass is 360 g/mol. The van der Waals surface area contributed by atoms with Gasteiger partial charge in [-0.05, 0) is 55.6 Å². The number of rotatable bonds is 8. The van der Waals surface area contributed by atoms with Crippen LogP contribution in [0.1, 0.15) is 10.4 Å². The van der Waals surface area contributed by atoms with E-state index in [1.165, 1.54) is 31.4 Å². The van der Waals surface area contributed by atoms with Crippen LogP contribution in [0.25, 0.3) is 0 Å². The van der Waals surface area contributed by atoms with Crippen LogP contribution in [0.15, 0.2) is 48.5 Å². The molecule has 138 valence electrons. The highest BCUT2D eigenvalue weighted by Crippen LogP contribution is 2.11. The van der Waals surface area contributed by atoms with Crippen LogP contribution in [0.2, 0.25) is 0 Å². The fourth-order valence-electron chi connectivity index (χ4n) is 2.16. The molecule has 2 aromatic carbocycles. The summed E-state index contributed by atoms with van der Waals surface area (Å²) in [6.07, 6.45) is 0. The van der Waals surface area contributed by atoms with E-state index in [2.05, 4.69) is 5.32 Å². The number of carbonyl (C=O) groups is 2. The van der Waals surface area contributed by atoms with Crippen molar-refractivity contribution in [3.8, 4) is 11.5 Å². The molecule has 0 heterocycles. The number of carbonyl (C=O) groups excluding carboxylic acids is 2. The van der Waals surface area contributed by atoms with E-state index in [1.54, 1.807) is 36.2 Å². The summed E-state index contributed by atoms with van der Waals surface area (Å²) in [5.74, 6) is -0.0101. The molecule has 0 atom stereocenters. The standard InChI is InChI=1S/C19H21FN2O4/c1-22(11-12-26-17-9-5-15(20)6-10-17)13-18(23)21-19(24)14-3-7-16(25-2)8-4-14/h3-10H,11-13H2,1-2H3,(H,21,23,24). The van der Waals surface area contributed by atoms with Gasteiger partial charge in [0.2, 0.25) is 5.91 Å². The van der Waals surface area contributed by atoms with Crippen LogP contribution in [0, 0.1) is 5.82 Å². The van der Waals surface area contributed by atoms with E-state index in [0.717, 1.165) is 0 Å². The zero-order chi connectivity index (χ0) is 18.9. The number of nitrogens with zero attached hydrogens (tertiary/aromatic N) is 1. The molecule has 0 saturated carbocycles. The van der Waals surface area contributed by atoms with Gasteiger partial charge in [-0.2, -0.15) is 0 Å². The lowest BCUT2D eigenvalue weighted by molar-refractivity contribution is -0.121. The van der Waals surface area contributed by atoms with Crippen LogP contribution in [-0.4, -0.2) is 50.6 Å². The largest absolute Gasteiger partial charge is 0.497 e. The predicted octanol–water partition coefficient (Wildman–Crippen LogP) is 2.10. The Morgan fingerprint density at radius 2 is 1.65 bits per heavy atom. The predicted molar refractivity (Wildman–Crippen MR) is 94.9 cm³/mol. The molecule has 0 unspecified atom stereocenters. The van der Waals surface area contributed by atoms with Gasteiger partial charge < -0.3 is 9.47 Å². The lowest BCUT2D eigenvalue weighted by Crippen LogP contribution is -2.39. The van der Waals surface area contributed by atoms with Crippen molar-refractivity contribution in [3.63, 3.8) is 0 Å². The number of nitrogens with one attached hydrogen (secondary N) is 1. The first-order chi connectivity index (χ1) is 12.5. The summed E-state index contributed by atoms with van der Waals surface area (Å²) in [4.78, 5) is 25.7. The van der Waals surface area contributed by atoms with Crippen molar-refractivity contribution in [3.05, 3.63) is 59.9 Å². The van der Waals surface area contributed by atoms with Gasteiger partial charge in [-0.15, -0.1) is 0 Å². The molecular weight excluding hydrogens is 339 g/mol. The summed E-state index contributed by atoms with van der Waals surface area (Å²) in [5, 5.41) is 2.34. The fraction of sp³-hybridized carbons (Fsp3) is 0.263. The highest BCUT2D eigenvalue weighted by Gasteiger charge is 2.12. The number of ether oxygens (including phenoxy) is 2. The van der Waals surface area contributed by atoms with Crippen LogP contribution in [0.3, 0.4) is 0 Å². The molecule has 0 saturated heterocycles. The number of methoxy groups -OCH3 is 1. The lowest BCUT2D eigenvalue weighted by Gasteiger charge is -2.16. The maximum Gasteiger partial charge on any atom is 0.257 e. The smallest absolute Gasteiger partial charge is 0.257 e. The number of likely N-dealkylation sites (N-methyl/N-ethyl adjacent to an activating group) is 1. The summed E-state index contributed by atoms with van der Waals surface area (Å²) >= 11 is 0. The first-order valence-electron chi connectivity index (χ1n) is 8.03. The minimum Gasteiger partial charge on any atom is -0.497 e. The highest BCUT2D eigenvalue weighted by atomic mass is 19.1. The second kappa shape index (κ2) is 9.53. The van der Waals surface area contributed by atoms with Gasteiger partial charge >= 0.3 is 0 Å². The number of imide groups is 1. The SMILES string of the molecule is COc1ccc(C(=O)NC(=O)CN(C)CCOc2ccc(F)cc2)cc1. The van der Waals surface area contributed by atoms with Gasteiger partial charge in [-0.3, -0.25) is 19.8 Å². The average Bonchev–Trinajstić information content (AvgIpc) is 2.63. The van der Waals surface area contributed by atoms with Crippen LogP contribution in [-0.2, 0) is 4.79 Å². The first-order valence-corrected chi connectivity index (χ1v) is 8.03. The molecule has 6 nitrogen and oxygen atoms in total. The average molecular weight is 360 g/mol. The Labute approximate surface area is 151 Å². The van der Waals surface area contributed by atoms with Crippen molar-refractivity contribution in [1.82, 2.24) is 10.2 Å². The van der Waals surface area contributed by atoms with Crippen molar-refractivity contribution in [1.29, 1.82) is 0 Å². The number of benzene rings is 2. The van der Waals surface area contributed by atoms with Gasteiger partial charge in [0.15, 0.2) is 0 Å². The van der Waals surface area contributed by atoms with E-state index in [4.69, 9.17) is 9.47 Å². The summed E-state index contributed by atoms with van der Waals surface area (Å²) in [6, 6.07) is 12.2. The van der Waals surface area contributed by atoms with E-state index >= 15 is 0 Å². The molecule has 0 aromatic heterocycles. The van der Waals surface area contributed by atoms with Crippen LogP contribution >= 0.6 is 0 Å². The van der Waals surface area contributed by atoms with E-state index in [0.29, 0.717) is 30.2 Å². The second-order valence-electron chi connectivity index (χ2n) is 5.65. The van der Waals surface area contributed by atoms with Crippen LogP contribution in [0.4, 0.5) is 4.39 Å². The molecular formula is C19H21FN2O4. The zero-order valence-electron chi connectivity index (χ0n) is 14.7. The van der Waals surface area contributed by atoms with E-state index < -0.39 is 11.8 Å². The molecule has 0 aliphatic heterocycles. The van der Waals surface area contributed by atoms with E-state index in [1.807, 2.05) is 0 Å². The van der Waals surface area contributed by atoms with Crippen LogP contribution < -0.4 is 14.8 Å². The number of hydrogen-bond donors (Lipinski definition) is 1. The Bertz CT molecular complexity index is 732. The molecule has 1 N–H and O–H groups in total. The maximum atomic E-state index is 12.8. The summed E-state index contributed by atoms with van der Waals surface area (Å²) < 4.78 is 23.3. The molecule has 0 spiro atoms. The Hall–Kier alpha value is -2.93. The van der Waals surface area contributed by atoms with E-state index in [-0.39, 0.29) is 12.4 Å².